The number of phenols is 1. The van der Waals surface area contributed by atoms with Crippen molar-refractivity contribution in [2.45, 2.75) is 19.8 Å². The van der Waals surface area contributed by atoms with Gasteiger partial charge in [-0.3, -0.25) is 4.79 Å². The molecule has 0 spiro atoms. The van der Waals surface area contributed by atoms with Crippen molar-refractivity contribution >= 4 is 5.91 Å². The van der Waals surface area contributed by atoms with Gasteiger partial charge in [-0.15, -0.1) is 0 Å². The average Bonchev–Trinajstić information content (AvgIpc) is 2.42. The number of rotatable bonds is 3. The number of nitrogens with zero attached hydrogens (tertiary/aromatic N) is 1. The van der Waals surface area contributed by atoms with Crippen LogP contribution in [-0.2, 0) is 4.74 Å². The van der Waals surface area contributed by atoms with Gasteiger partial charge in [0.15, 0.2) is 0 Å². The molecule has 0 aliphatic carbocycles. The Labute approximate surface area is 114 Å². The van der Waals surface area contributed by atoms with E-state index in [1.165, 1.54) is 0 Å². The van der Waals surface area contributed by atoms with Crippen LogP contribution in [0.4, 0.5) is 0 Å². The second kappa shape index (κ2) is 6.06. The van der Waals surface area contributed by atoms with Crippen LogP contribution in [0.25, 0.3) is 0 Å². The van der Waals surface area contributed by atoms with E-state index < -0.39 is 0 Å². The Bertz CT molecular complexity index is 457. The second-order valence-corrected chi connectivity index (χ2v) is 5.22. The fourth-order valence-corrected chi connectivity index (χ4v) is 2.59. The molecule has 4 nitrogen and oxygen atoms in total. The van der Waals surface area contributed by atoms with E-state index in [2.05, 4.69) is 0 Å². The SMILES string of the molecule is COCC1CCCN(C(=O)c2ccc(O)c(C)c2)C1. The van der Waals surface area contributed by atoms with Crippen molar-refractivity contribution in [3.05, 3.63) is 29.3 Å². The van der Waals surface area contributed by atoms with E-state index in [-0.39, 0.29) is 11.7 Å². The highest BCUT2D eigenvalue weighted by Gasteiger charge is 2.24. The van der Waals surface area contributed by atoms with Crippen LogP contribution in [-0.4, -0.2) is 42.7 Å². The molecule has 0 bridgehead atoms. The summed E-state index contributed by atoms with van der Waals surface area (Å²) in [5, 5.41) is 9.51. The molecule has 1 aromatic carbocycles. The molecule has 4 heteroatoms. The molecule has 1 fully saturated rings. The smallest absolute Gasteiger partial charge is 0.253 e. The zero-order chi connectivity index (χ0) is 13.8. The number of ether oxygens (including phenoxy) is 1. The maximum atomic E-state index is 12.4. The maximum Gasteiger partial charge on any atom is 0.253 e. The van der Waals surface area contributed by atoms with Crippen LogP contribution in [0.1, 0.15) is 28.8 Å². The molecule has 1 aromatic rings. The van der Waals surface area contributed by atoms with Crippen LogP contribution in [0, 0.1) is 12.8 Å². The fourth-order valence-electron chi connectivity index (χ4n) is 2.59. The number of carbonyl (C=O) groups excluding carboxylic acids is 1. The lowest BCUT2D eigenvalue weighted by molar-refractivity contribution is 0.0571. The fraction of sp³-hybridized carbons (Fsp3) is 0.533. The van der Waals surface area contributed by atoms with Gasteiger partial charge in [0.25, 0.3) is 5.91 Å². The Morgan fingerprint density at radius 2 is 2.32 bits per heavy atom. The van der Waals surface area contributed by atoms with Crippen LogP contribution in [0.15, 0.2) is 18.2 Å². The van der Waals surface area contributed by atoms with Crippen LogP contribution in [0.3, 0.4) is 0 Å². The summed E-state index contributed by atoms with van der Waals surface area (Å²) in [6.45, 7) is 4.07. The normalized spacial score (nSPS) is 19.5. The number of hydrogen-bond acceptors (Lipinski definition) is 3. The third-order valence-corrected chi connectivity index (χ3v) is 3.65. The number of aryl methyl sites for hydroxylation is 1. The summed E-state index contributed by atoms with van der Waals surface area (Å²) in [6.07, 6.45) is 2.14. The molecule has 1 saturated heterocycles. The zero-order valence-electron chi connectivity index (χ0n) is 11.6. The molecular weight excluding hydrogens is 242 g/mol. The predicted molar refractivity (Wildman–Crippen MR) is 73.3 cm³/mol. The first kappa shape index (κ1) is 13.9. The summed E-state index contributed by atoms with van der Waals surface area (Å²) in [4.78, 5) is 14.3. The second-order valence-electron chi connectivity index (χ2n) is 5.22. The highest BCUT2D eigenvalue weighted by atomic mass is 16.5. The number of benzene rings is 1. The number of methoxy groups -OCH3 is 1. The lowest BCUT2D eigenvalue weighted by Crippen LogP contribution is -2.41. The van der Waals surface area contributed by atoms with E-state index in [1.807, 2.05) is 4.90 Å². The molecule has 104 valence electrons. The Morgan fingerprint density at radius 3 is 3.00 bits per heavy atom. The number of likely N-dealkylation sites (tertiary alicyclic amines) is 1. The van der Waals surface area contributed by atoms with Gasteiger partial charge >= 0.3 is 0 Å². The van der Waals surface area contributed by atoms with Gasteiger partial charge in [-0.05, 0) is 49.4 Å². The first-order chi connectivity index (χ1) is 9.11. The van der Waals surface area contributed by atoms with Crippen molar-refractivity contribution in [3.63, 3.8) is 0 Å². The van der Waals surface area contributed by atoms with E-state index in [0.29, 0.717) is 18.1 Å². The Hall–Kier alpha value is -1.55. The average molecular weight is 263 g/mol. The summed E-state index contributed by atoms with van der Waals surface area (Å²) < 4.78 is 5.18. The molecule has 1 atom stereocenters. The van der Waals surface area contributed by atoms with Crippen molar-refractivity contribution in [2.24, 2.45) is 5.92 Å². The van der Waals surface area contributed by atoms with Crippen molar-refractivity contribution < 1.29 is 14.6 Å². The first-order valence-corrected chi connectivity index (χ1v) is 6.69. The number of carbonyl (C=O) groups is 1. The van der Waals surface area contributed by atoms with Crippen molar-refractivity contribution in [3.8, 4) is 5.75 Å². The molecule has 1 heterocycles. The lowest BCUT2D eigenvalue weighted by atomic mass is 9.98. The van der Waals surface area contributed by atoms with E-state index in [1.54, 1.807) is 32.2 Å². The number of amides is 1. The Morgan fingerprint density at radius 1 is 1.53 bits per heavy atom. The summed E-state index contributed by atoms with van der Waals surface area (Å²) in [5.74, 6) is 0.706. The largest absolute Gasteiger partial charge is 0.508 e. The lowest BCUT2D eigenvalue weighted by Gasteiger charge is -2.32. The van der Waals surface area contributed by atoms with E-state index in [4.69, 9.17) is 4.74 Å². The maximum absolute atomic E-state index is 12.4. The van der Waals surface area contributed by atoms with Gasteiger partial charge in [0.2, 0.25) is 0 Å². The number of aromatic hydroxyl groups is 1. The van der Waals surface area contributed by atoms with Crippen LogP contribution >= 0.6 is 0 Å². The standard InChI is InChI=1S/C15H21NO3/c1-11-8-13(5-6-14(11)17)15(18)16-7-3-4-12(9-16)10-19-2/h5-6,8,12,17H,3-4,7,9-10H2,1-2H3. The van der Waals surface area contributed by atoms with Gasteiger partial charge in [0.05, 0.1) is 6.61 Å². The molecule has 0 aromatic heterocycles. The molecule has 19 heavy (non-hydrogen) atoms. The third-order valence-electron chi connectivity index (χ3n) is 3.65. The molecule has 1 amide bonds. The minimum Gasteiger partial charge on any atom is -0.508 e. The van der Waals surface area contributed by atoms with E-state index >= 15 is 0 Å². The highest BCUT2D eigenvalue weighted by molar-refractivity contribution is 5.94. The van der Waals surface area contributed by atoms with Gasteiger partial charge in [0.1, 0.15) is 5.75 Å². The summed E-state index contributed by atoms with van der Waals surface area (Å²) >= 11 is 0. The monoisotopic (exact) mass is 263 g/mol. The van der Waals surface area contributed by atoms with Gasteiger partial charge < -0.3 is 14.7 Å². The Balaban J connectivity index is 2.08. The number of phenolic OH excluding ortho intramolecular Hbond substituents is 1. The highest BCUT2D eigenvalue weighted by Crippen LogP contribution is 2.21. The molecule has 2 rings (SSSR count). The van der Waals surface area contributed by atoms with Crippen LogP contribution in [0.2, 0.25) is 0 Å². The van der Waals surface area contributed by atoms with Crippen LogP contribution in [0.5, 0.6) is 5.75 Å². The van der Waals surface area contributed by atoms with Crippen molar-refractivity contribution in [1.82, 2.24) is 4.90 Å². The molecule has 1 unspecified atom stereocenters. The minimum absolute atomic E-state index is 0.0453. The third kappa shape index (κ3) is 3.26. The molecular formula is C15H21NO3. The molecule has 0 saturated carbocycles. The molecule has 0 radical (unpaired) electrons. The summed E-state index contributed by atoms with van der Waals surface area (Å²) in [5.41, 5.74) is 1.38. The number of hydrogen-bond donors (Lipinski definition) is 1. The summed E-state index contributed by atoms with van der Waals surface area (Å²) in [6, 6.07) is 5.02. The van der Waals surface area contributed by atoms with Crippen molar-refractivity contribution in [2.75, 3.05) is 26.8 Å². The summed E-state index contributed by atoms with van der Waals surface area (Å²) in [7, 11) is 1.70. The van der Waals surface area contributed by atoms with Gasteiger partial charge in [-0.1, -0.05) is 0 Å². The van der Waals surface area contributed by atoms with E-state index in [0.717, 1.165) is 31.5 Å². The van der Waals surface area contributed by atoms with Crippen LogP contribution < -0.4 is 0 Å². The van der Waals surface area contributed by atoms with Gasteiger partial charge in [0, 0.05) is 25.8 Å². The van der Waals surface area contributed by atoms with E-state index in [9.17, 15) is 9.90 Å². The number of piperidine rings is 1. The minimum atomic E-state index is 0.0453. The van der Waals surface area contributed by atoms with Gasteiger partial charge in [-0.2, -0.15) is 0 Å². The first-order valence-electron chi connectivity index (χ1n) is 6.69. The molecule has 1 N–H and O–H groups in total. The molecule has 1 aliphatic rings. The zero-order valence-corrected chi connectivity index (χ0v) is 11.6. The predicted octanol–water partition coefficient (Wildman–Crippen LogP) is 2.20. The molecule has 1 aliphatic heterocycles. The topological polar surface area (TPSA) is 49.8 Å². The van der Waals surface area contributed by atoms with Crippen molar-refractivity contribution in [1.29, 1.82) is 0 Å². The Kier molecular flexibility index (Phi) is 4.43. The quantitative estimate of drug-likeness (QED) is 0.909. The van der Waals surface area contributed by atoms with Gasteiger partial charge in [-0.25, -0.2) is 0 Å².